The fraction of sp³-hybridized carbons (Fsp3) is 0.900. The van der Waals surface area contributed by atoms with Gasteiger partial charge in [-0.05, 0) is 26.2 Å². The molecular weight excluding hydrogens is 186 g/mol. The van der Waals surface area contributed by atoms with Crippen molar-refractivity contribution in [3.63, 3.8) is 0 Å². The summed E-state index contributed by atoms with van der Waals surface area (Å²) in [6.45, 7) is 8.07. The highest BCUT2D eigenvalue weighted by atomic mass is 35.5. The maximum absolute atomic E-state index is 11.4. The van der Waals surface area contributed by atoms with E-state index in [1.165, 1.54) is 0 Å². The van der Waals surface area contributed by atoms with Gasteiger partial charge in [-0.15, -0.1) is 11.6 Å². The SMILES string of the molecule is CC(C)CCC(=O)NC(C)(C)CCl. The molecule has 0 aliphatic heterocycles. The van der Waals surface area contributed by atoms with Crippen molar-refractivity contribution in [3.8, 4) is 0 Å². The lowest BCUT2D eigenvalue weighted by atomic mass is 10.1. The van der Waals surface area contributed by atoms with Crippen LogP contribution in [-0.2, 0) is 4.79 Å². The second-order valence-corrected chi connectivity index (χ2v) is 4.77. The fourth-order valence-electron chi connectivity index (χ4n) is 0.893. The molecule has 13 heavy (non-hydrogen) atoms. The molecule has 0 heterocycles. The first kappa shape index (κ1) is 12.8. The number of nitrogens with one attached hydrogen (secondary N) is 1. The van der Waals surface area contributed by atoms with E-state index in [9.17, 15) is 4.79 Å². The molecule has 0 bridgehead atoms. The average molecular weight is 206 g/mol. The molecular formula is C10H20ClNO. The van der Waals surface area contributed by atoms with Crippen LogP contribution in [0.2, 0.25) is 0 Å². The minimum Gasteiger partial charge on any atom is -0.350 e. The second kappa shape index (κ2) is 5.48. The molecule has 0 rings (SSSR count). The van der Waals surface area contributed by atoms with E-state index < -0.39 is 0 Å². The van der Waals surface area contributed by atoms with Gasteiger partial charge in [0.05, 0.1) is 0 Å². The van der Waals surface area contributed by atoms with Gasteiger partial charge in [-0.25, -0.2) is 0 Å². The van der Waals surface area contributed by atoms with E-state index in [-0.39, 0.29) is 11.4 Å². The molecule has 3 heteroatoms. The maximum Gasteiger partial charge on any atom is 0.220 e. The van der Waals surface area contributed by atoms with Gasteiger partial charge in [0.1, 0.15) is 0 Å². The molecule has 1 N–H and O–H groups in total. The lowest BCUT2D eigenvalue weighted by molar-refractivity contribution is -0.122. The van der Waals surface area contributed by atoms with Crippen LogP contribution in [0.4, 0.5) is 0 Å². The van der Waals surface area contributed by atoms with Crippen molar-refractivity contribution < 1.29 is 4.79 Å². The van der Waals surface area contributed by atoms with Gasteiger partial charge >= 0.3 is 0 Å². The van der Waals surface area contributed by atoms with Gasteiger partial charge in [0.2, 0.25) is 5.91 Å². The topological polar surface area (TPSA) is 29.1 Å². The number of carbonyl (C=O) groups is 1. The standard InChI is InChI=1S/C10H20ClNO/c1-8(2)5-6-9(13)12-10(3,4)7-11/h8H,5-7H2,1-4H3,(H,12,13). The van der Waals surface area contributed by atoms with Crippen molar-refractivity contribution in [1.82, 2.24) is 5.32 Å². The van der Waals surface area contributed by atoms with E-state index >= 15 is 0 Å². The van der Waals surface area contributed by atoms with Gasteiger partial charge in [-0.2, -0.15) is 0 Å². The summed E-state index contributed by atoms with van der Waals surface area (Å²) in [7, 11) is 0. The van der Waals surface area contributed by atoms with Crippen molar-refractivity contribution in [3.05, 3.63) is 0 Å². The highest BCUT2D eigenvalue weighted by molar-refractivity contribution is 6.18. The Morgan fingerprint density at radius 3 is 2.38 bits per heavy atom. The maximum atomic E-state index is 11.4. The Hall–Kier alpha value is -0.240. The first-order chi connectivity index (χ1) is 5.87. The summed E-state index contributed by atoms with van der Waals surface area (Å²) in [5.41, 5.74) is -0.282. The number of halogens is 1. The molecule has 0 aliphatic carbocycles. The molecule has 78 valence electrons. The van der Waals surface area contributed by atoms with Crippen molar-refractivity contribution in [2.75, 3.05) is 5.88 Å². The van der Waals surface area contributed by atoms with Crippen molar-refractivity contribution >= 4 is 17.5 Å². The van der Waals surface area contributed by atoms with Crippen molar-refractivity contribution in [2.24, 2.45) is 5.92 Å². The van der Waals surface area contributed by atoms with Crippen LogP contribution in [0.1, 0.15) is 40.5 Å². The minimum atomic E-state index is -0.282. The van der Waals surface area contributed by atoms with Gasteiger partial charge in [0.15, 0.2) is 0 Å². The highest BCUT2D eigenvalue weighted by Crippen LogP contribution is 2.07. The molecule has 1 amide bonds. The van der Waals surface area contributed by atoms with Crippen LogP contribution in [0.25, 0.3) is 0 Å². The Morgan fingerprint density at radius 1 is 1.46 bits per heavy atom. The van der Waals surface area contributed by atoms with Crippen LogP contribution < -0.4 is 5.32 Å². The molecule has 0 atom stereocenters. The van der Waals surface area contributed by atoms with Crippen LogP contribution in [-0.4, -0.2) is 17.3 Å². The molecule has 0 radical (unpaired) electrons. The number of carbonyl (C=O) groups excluding carboxylic acids is 1. The summed E-state index contributed by atoms with van der Waals surface area (Å²) < 4.78 is 0. The number of hydrogen-bond donors (Lipinski definition) is 1. The summed E-state index contributed by atoms with van der Waals surface area (Å²) in [5.74, 6) is 1.12. The van der Waals surface area contributed by atoms with Gasteiger partial charge in [-0.3, -0.25) is 4.79 Å². The predicted molar refractivity (Wildman–Crippen MR) is 57.0 cm³/mol. The second-order valence-electron chi connectivity index (χ2n) is 4.50. The van der Waals surface area contributed by atoms with Gasteiger partial charge in [0.25, 0.3) is 0 Å². The molecule has 0 saturated carbocycles. The first-order valence-electron chi connectivity index (χ1n) is 4.74. The van der Waals surface area contributed by atoms with E-state index in [2.05, 4.69) is 19.2 Å². The van der Waals surface area contributed by atoms with E-state index in [0.717, 1.165) is 6.42 Å². The van der Waals surface area contributed by atoms with E-state index in [1.54, 1.807) is 0 Å². The Morgan fingerprint density at radius 2 is 2.00 bits per heavy atom. The number of hydrogen-bond acceptors (Lipinski definition) is 1. The van der Waals surface area contributed by atoms with Crippen LogP contribution in [0.3, 0.4) is 0 Å². The largest absolute Gasteiger partial charge is 0.350 e. The molecule has 0 saturated heterocycles. The zero-order chi connectivity index (χ0) is 10.5. The van der Waals surface area contributed by atoms with Crippen LogP contribution in [0, 0.1) is 5.92 Å². The van der Waals surface area contributed by atoms with Crippen molar-refractivity contribution in [1.29, 1.82) is 0 Å². The normalized spacial score (nSPS) is 11.8. The van der Waals surface area contributed by atoms with Gasteiger partial charge in [0, 0.05) is 17.8 Å². The average Bonchev–Trinajstić information content (AvgIpc) is 2.00. The Balaban J connectivity index is 3.74. The molecule has 0 aliphatic rings. The molecule has 0 fully saturated rings. The number of amides is 1. The van der Waals surface area contributed by atoms with Gasteiger partial charge < -0.3 is 5.32 Å². The predicted octanol–water partition coefficient (Wildman–Crippen LogP) is 2.56. The van der Waals surface area contributed by atoms with E-state index in [4.69, 9.17) is 11.6 Å². The Bertz CT molecular complexity index is 166. The Kier molecular flexibility index (Phi) is 5.38. The molecule has 0 aromatic heterocycles. The lowest BCUT2D eigenvalue weighted by Gasteiger charge is -2.23. The number of rotatable bonds is 5. The summed E-state index contributed by atoms with van der Waals surface area (Å²) in [6.07, 6.45) is 1.53. The third-order valence-electron chi connectivity index (χ3n) is 1.76. The van der Waals surface area contributed by atoms with E-state index in [0.29, 0.717) is 18.2 Å². The summed E-state index contributed by atoms with van der Waals surface area (Å²) in [5, 5.41) is 2.89. The summed E-state index contributed by atoms with van der Waals surface area (Å²) in [4.78, 5) is 11.4. The first-order valence-corrected chi connectivity index (χ1v) is 5.28. The molecule has 0 aromatic carbocycles. The monoisotopic (exact) mass is 205 g/mol. The fourth-order valence-corrected chi connectivity index (χ4v) is 0.960. The summed E-state index contributed by atoms with van der Waals surface area (Å²) in [6, 6.07) is 0. The van der Waals surface area contributed by atoms with Crippen LogP contribution in [0.15, 0.2) is 0 Å². The van der Waals surface area contributed by atoms with Crippen LogP contribution in [0.5, 0.6) is 0 Å². The third-order valence-corrected chi connectivity index (χ3v) is 2.43. The summed E-state index contributed by atoms with van der Waals surface area (Å²) >= 11 is 5.69. The minimum absolute atomic E-state index is 0.0966. The van der Waals surface area contributed by atoms with Gasteiger partial charge in [-0.1, -0.05) is 13.8 Å². The zero-order valence-electron chi connectivity index (χ0n) is 8.98. The van der Waals surface area contributed by atoms with E-state index in [1.807, 2.05) is 13.8 Å². The number of alkyl halides is 1. The Labute approximate surface area is 86.0 Å². The molecule has 0 aromatic rings. The molecule has 2 nitrogen and oxygen atoms in total. The van der Waals surface area contributed by atoms with Crippen molar-refractivity contribution in [2.45, 2.75) is 46.1 Å². The molecule has 0 spiro atoms. The quantitative estimate of drug-likeness (QED) is 0.687. The lowest BCUT2D eigenvalue weighted by Crippen LogP contribution is -2.44. The van der Waals surface area contributed by atoms with Crippen LogP contribution >= 0.6 is 11.6 Å². The molecule has 0 unspecified atom stereocenters. The highest BCUT2D eigenvalue weighted by Gasteiger charge is 2.18. The zero-order valence-corrected chi connectivity index (χ0v) is 9.74. The smallest absolute Gasteiger partial charge is 0.220 e. The third kappa shape index (κ3) is 6.88.